The highest BCUT2D eigenvalue weighted by molar-refractivity contribution is 7.86. The lowest BCUT2D eigenvalue weighted by atomic mass is 10.2. The third-order valence-electron chi connectivity index (χ3n) is 6.17. The summed E-state index contributed by atoms with van der Waals surface area (Å²) in [5.41, 5.74) is 1.43. The number of fused-ring (bicyclic) bond motifs is 1. The van der Waals surface area contributed by atoms with E-state index in [9.17, 15) is 13.2 Å². The number of imidazole rings is 1. The second kappa shape index (κ2) is 10.1. The van der Waals surface area contributed by atoms with Crippen LogP contribution >= 0.6 is 11.6 Å². The monoisotopic (exact) mass is 506 g/mol. The standard InChI is InChI=1S/C23H31ClN6O3S/c1-4-5-6-11-29-21(27-12-14-28(15-13-27)34(32,33)26(2)3)16-22(31)30-17-20(25-23(29)30)18-7-9-19(24)10-8-18/h7-10,16-17H,4-6,11-15H2,1-3H3. The van der Waals surface area contributed by atoms with E-state index in [1.165, 1.54) is 22.7 Å². The molecule has 34 heavy (non-hydrogen) atoms. The molecule has 1 aliphatic heterocycles. The zero-order valence-corrected chi connectivity index (χ0v) is 21.4. The number of hydrogen-bond donors (Lipinski definition) is 0. The summed E-state index contributed by atoms with van der Waals surface area (Å²) in [6, 6.07) is 9.03. The number of piperazine rings is 1. The van der Waals surface area contributed by atoms with Gasteiger partial charge in [-0.15, -0.1) is 0 Å². The number of hydrogen-bond acceptors (Lipinski definition) is 5. The number of nitrogens with zero attached hydrogens (tertiary/aromatic N) is 6. The van der Waals surface area contributed by atoms with Gasteiger partial charge in [0, 0.05) is 69.7 Å². The number of halogens is 1. The molecule has 11 heteroatoms. The topological polar surface area (TPSA) is 83.2 Å². The minimum atomic E-state index is -3.46. The first-order valence-electron chi connectivity index (χ1n) is 11.5. The van der Waals surface area contributed by atoms with Crippen molar-refractivity contribution in [3.05, 3.63) is 51.9 Å². The van der Waals surface area contributed by atoms with E-state index in [0.717, 1.165) is 37.2 Å². The second-order valence-corrected chi connectivity index (χ2v) is 11.3. The first-order valence-corrected chi connectivity index (χ1v) is 13.3. The van der Waals surface area contributed by atoms with Gasteiger partial charge in [-0.1, -0.05) is 43.5 Å². The quantitative estimate of drug-likeness (QED) is 0.439. The Kier molecular flexibility index (Phi) is 7.32. The molecule has 3 aromatic rings. The maximum Gasteiger partial charge on any atom is 0.281 e. The van der Waals surface area contributed by atoms with Gasteiger partial charge in [0.05, 0.1) is 5.69 Å². The van der Waals surface area contributed by atoms with Crippen LogP contribution in [-0.2, 0) is 16.8 Å². The van der Waals surface area contributed by atoms with Gasteiger partial charge in [0.15, 0.2) is 0 Å². The van der Waals surface area contributed by atoms with Crippen molar-refractivity contribution >= 4 is 33.4 Å². The number of rotatable bonds is 8. The van der Waals surface area contributed by atoms with Gasteiger partial charge in [-0.3, -0.25) is 13.8 Å². The molecular formula is C23H31ClN6O3S. The maximum absolute atomic E-state index is 13.1. The predicted molar refractivity (Wildman–Crippen MR) is 136 cm³/mol. The van der Waals surface area contributed by atoms with Gasteiger partial charge >= 0.3 is 0 Å². The zero-order valence-electron chi connectivity index (χ0n) is 19.8. The van der Waals surface area contributed by atoms with E-state index >= 15 is 0 Å². The van der Waals surface area contributed by atoms with Gasteiger partial charge in [-0.2, -0.15) is 17.0 Å². The van der Waals surface area contributed by atoms with Crippen molar-refractivity contribution in [1.29, 1.82) is 0 Å². The molecule has 0 amide bonds. The molecule has 0 saturated carbocycles. The number of benzene rings is 1. The van der Waals surface area contributed by atoms with Crippen LogP contribution in [0.5, 0.6) is 0 Å². The highest BCUT2D eigenvalue weighted by atomic mass is 35.5. The SMILES string of the molecule is CCCCCn1c(N2CCN(S(=O)(=O)N(C)C)CC2)cc(=O)n2cc(-c3ccc(Cl)cc3)nc12. The fourth-order valence-electron chi connectivity index (χ4n) is 4.22. The third-order valence-corrected chi connectivity index (χ3v) is 8.36. The molecule has 1 fully saturated rings. The van der Waals surface area contributed by atoms with Gasteiger partial charge in [0.1, 0.15) is 5.82 Å². The van der Waals surface area contributed by atoms with Gasteiger partial charge in [0.25, 0.3) is 15.8 Å². The second-order valence-electron chi connectivity index (χ2n) is 8.68. The molecule has 1 aliphatic rings. The zero-order chi connectivity index (χ0) is 24.5. The molecule has 1 aromatic carbocycles. The van der Waals surface area contributed by atoms with Crippen molar-refractivity contribution in [3.63, 3.8) is 0 Å². The highest BCUT2D eigenvalue weighted by Crippen LogP contribution is 2.24. The van der Waals surface area contributed by atoms with Crippen LogP contribution < -0.4 is 10.5 Å². The molecule has 2 aromatic heterocycles. The fraction of sp³-hybridized carbons (Fsp3) is 0.478. The van der Waals surface area contributed by atoms with E-state index in [1.54, 1.807) is 28.8 Å². The Hall–Kier alpha value is -2.40. The Balaban J connectivity index is 1.72. The van der Waals surface area contributed by atoms with Crippen molar-refractivity contribution in [3.8, 4) is 11.3 Å². The van der Waals surface area contributed by atoms with Crippen LogP contribution in [0.2, 0.25) is 5.02 Å². The van der Waals surface area contributed by atoms with Crippen molar-refractivity contribution in [2.45, 2.75) is 32.7 Å². The number of anilines is 1. The molecule has 4 rings (SSSR count). The average molecular weight is 507 g/mol. The lowest BCUT2D eigenvalue weighted by molar-refractivity contribution is 0.353. The van der Waals surface area contributed by atoms with Crippen LogP contribution in [0.15, 0.2) is 41.3 Å². The molecule has 0 aliphatic carbocycles. The Bertz CT molecular complexity index is 1310. The van der Waals surface area contributed by atoms with E-state index in [4.69, 9.17) is 16.6 Å². The summed E-state index contributed by atoms with van der Waals surface area (Å²) in [6.45, 7) is 4.60. The molecule has 3 heterocycles. The minimum Gasteiger partial charge on any atom is -0.355 e. The van der Waals surface area contributed by atoms with Gasteiger partial charge < -0.3 is 4.90 Å². The summed E-state index contributed by atoms with van der Waals surface area (Å²) in [5.74, 6) is 1.37. The summed E-state index contributed by atoms with van der Waals surface area (Å²) in [7, 11) is -0.382. The number of unbranched alkanes of at least 4 members (excludes halogenated alkanes) is 2. The minimum absolute atomic E-state index is 0.159. The third kappa shape index (κ3) is 4.86. The number of aryl methyl sites for hydroxylation is 1. The molecule has 0 bridgehead atoms. The lowest BCUT2D eigenvalue weighted by Gasteiger charge is -2.37. The van der Waals surface area contributed by atoms with E-state index in [1.807, 2.05) is 12.1 Å². The largest absolute Gasteiger partial charge is 0.355 e. The normalized spacial score (nSPS) is 15.5. The molecule has 0 N–H and O–H groups in total. The first kappa shape index (κ1) is 24.7. The molecule has 184 valence electrons. The summed E-state index contributed by atoms with van der Waals surface area (Å²) < 4.78 is 31.4. The van der Waals surface area contributed by atoms with Crippen molar-refractivity contribution in [1.82, 2.24) is 22.6 Å². The Morgan fingerprint density at radius 1 is 1.06 bits per heavy atom. The van der Waals surface area contributed by atoms with Crippen molar-refractivity contribution in [2.24, 2.45) is 0 Å². The van der Waals surface area contributed by atoms with E-state index in [0.29, 0.717) is 42.7 Å². The van der Waals surface area contributed by atoms with E-state index in [-0.39, 0.29) is 5.56 Å². The van der Waals surface area contributed by atoms with Crippen LogP contribution in [-0.4, -0.2) is 71.3 Å². The van der Waals surface area contributed by atoms with E-state index in [2.05, 4.69) is 16.4 Å². The van der Waals surface area contributed by atoms with Crippen LogP contribution in [0, 0.1) is 0 Å². The Morgan fingerprint density at radius 3 is 2.35 bits per heavy atom. The Labute approximate surface area is 205 Å². The van der Waals surface area contributed by atoms with Crippen LogP contribution in [0.4, 0.5) is 5.82 Å². The average Bonchev–Trinajstić information content (AvgIpc) is 3.27. The van der Waals surface area contributed by atoms with Crippen LogP contribution in [0.1, 0.15) is 26.2 Å². The maximum atomic E-state index is 13.1. The first-order chi connectivity index (χ1) is 16.2. The predicted octanol–water partition coefficient (Wildman–Crippen LogP) is 2.94. The van der Waals surface area contributed by atoms with Gasteiger partial charge in [-0.25, -0.2) is 4.98 Å². The molecule has 0 atom stereocenters. The van der Waals surface area contributed by atoms with Crippen molar-refractivity contribution in [2.75, 3.05) is 45.2 Å². The summed E-state index contributed by atoms with van der Waals surface area (Å²) in [6.07, 6.45) is 4.87. The molecule has 0 spiro atoms. The van der Waals surface area contributed by atoms with Gasteiger partial charge in [0.2, 0.25) is 5.78 Å². The van der Waals surface area contributed by atoms with Crippen LogP contribution in [0.25, 0.3) is 17.0 Å². The summed E-state index contributed by atoms with van der Waals surface area (Å²) >= 11 is 6.03. The van der Waals surface area contributed by atoms with Crippen LogP contribution in [0.3, 0.4) is 0 Å². The molecule has 1 saturated heterocycles. The lowest BCUT2D eigenvalue weighted by Crippen LogP contribution is -2.52. The smallest absolute Gasteiger partial charge is 0.281 e. The summed E-state index contributed by atoms with van der Waals surface area (Å²) in [4.78, 5) is 20.0. The van der Waals surface area contributed by atoms with Gasteiger partial charge in [-0.05, 0) is 18.6 Å². The molecule has 0 radical (unpaired) electrons. The number of aromatic nitrogens is 3. The van der Waals surface area contributed by atoms with E-state index < -0.39 is 10.2 Å². The Morgan fingerprint density at radius 2 is 1.74 bits per heavy atom. The van der Waals surface area contributed by atoms with Crippen molar-refractivity contribution < 1.29 is 8.42 Å². The fourth-order valence-corrected chi connectivity index (χ4v) is 5.43. The molecule has 0 unspecified atom stereocenters. The molecular weight excluding hydrogens is 476 g/mol. The molecule has 9 nitrogen and oxygen atoms in total. The highest BCUT2D eigenvalue weighted by Gasteiger charge is 2.30. The summed E-state index contributed by atoms with van der Waals surface area (Å²) in [5, 5.41) is 0.643.